The number of hydrogen-bond donors (Lipinski definition) is 0. The molecule has 0 aliphatic rings. The summed E-state index contributed by atoms with van der Waals surface area (Å²) < 4.78 is 65.7. The van der Waals surface area contributed by atoms with Crippen molar-refractivity contribution < 1.29 is 31.1 Å². The zero-order valence-electron chi connectivity index (χ0n) is 5.43. The molecular weight excluding hydrogens is 249 g/mol. The van der Waals surface area contributed by atoms with E-state index in [9.17, 15) is 31.1 Å². The second kappa shape index (κ2) is 3.20. The first-order chi connectivity index (χ1) is 5.40. The van der Waals surface area contributed by atoms with Crippen molar-refractivity contribution in [3.05, 3.63) is 0 Å². The van der Waals surface area contributed by atoms with Gasteiger partial charge in [0.25, 0.3) is 5.78 Å². The lowest BCUT2D eigenvalue weighted by Crippen LogP contribution is -2.49. The number of carbonyl (C=O) groups excluding carboxylic acids is 1. The van der Waals surface area contributed by atoms with Crippen molar-refractivity contribution in [1.29, 1.82) is 0 Å². The normalized spacial score (nSPS) is 14.5. The summed E-state index contributed by atoms with van der Waals surface area (Å²) in [6.45, 7) is 0. The molecule has 0 unspecified atom stereocenters. The lowest BCUT2D eigenvalue weighted by Gasteiger charge is -2.20. The molecule has 0 saturated heterocycles. The maximum absolute atomic E-state index is 12.0. The van der Waals surface area contributed by atoms with Crippen LogP contribution in [0.5, 0.6) is 0 Å². The maximum Gasteiger partial charge on any atom is 0.461 e. The third-order valence-electron chi connectivity index (χ3n) is 0.899. The summed E-state index contributed by atoms with van der Waals surface area (Å²) in [5, 5.41) is 0. The van der Waals surface area contributed by atoms with E-state index < -0.39 is 22.5 Å². The quantitative estimate of drug-likeness (QED) is 0.543. The fourth-order valence-corrected chi connectivity index (χ4v) is 0.544. The van der Waals surface area contributed by atoms with Crippen LogP contribution in [0.2, 0.25) is 0 Å². The first kappa shape index (κ1) is 12.8. The molecule has 0 amide bonds. The molecule has 0 aromatic heterocycles. The van der Waals surface area contributed by atoms with E-state index in [4.69, 9.17) is 0 Å². The largest absolute Gasteiger partial charge is 0.461 e. The van der Waals surface area contributed by atoms with E-state index in [2.05, 4.69) is 23.2 Å². The van der Waals surface area contributed by atoms with E-state index in [1.807, 2.05) is 0 Å². The van der Waals surface area contributed by atoms with Gasteiger partial charge in [0.15, 0.2) is 0 Å². The van der Waals surface area contributed by atoms with Crippen LogP contribution in [0.3, 0.4) is 0 Å². The van der Waals surface area contributed by atoms with Crippen LogP contribution < -0.4 is 0 Å². The van der Waals surface area contributed by atoms with Crippen LogP contribution in [-0.4, -0.2) is 22.5 Å². The third kappa shape index (κ3) is 2.63. The van der Waals surface area contributed by atoms with Gasteiger partial charge in [0.05, 0.1) is 0 Å². The van der Waals surface area contributed by atoms with Crippen molar-refractivity contribution >= 4 is 29.0 Å². The van der Waals surface area contributed by atoms with Gasteiger partial charge in [0.1, 0.15) is 0 Å². The van der Waals surface area contributed by atoms with Crippen molar-refractivity contribution in [3.63, 3.8) is 0 Å². The summed E-state index contributed by atoms with van der Waals surface area (Å²) in [5.74, 6) is -9.15. The minimum absolute atomic E-state index is 3.25. The van der Waals surface area contributed by atoms with Crippen LogP contribution in [0.4, 0.5) is 26.3 Å². The van der Waals surface area contributed by atoms with Gasteiger partial charge < -0.3 is 0 Å². The molecule has 0 bridgehead atoms. The van der Waals surface area contributed by atoms with Gasteiger partial charge in [-0.25, -0.2) is 0 Å². The van der Waals surface area contributed by atoms with Gasteiger partial charge in [-0.2, -0.15) is 26.3 Å². The van der Waals surface area contributed by atoms with Crippen molar-refractivity contribution in [2.75, 3.05) is 0 Å². The molecule has 9 heteroatoms. The van der Waals surface area contributed by atoms with Crippen molar-refractivity contribution in [2.24, 2.45) is 0 Å². The van der Waals surface area contributed by atoms with Crippen molar-refractivity contribution in [2.45, 2.75) is 16.7 Å². The minimum atomic E-state index is -6.22. The Balaban J connectivity index is 4.98. The fraction of sp³-hybridized carbons (Fsp3) is 0.750. The van der Waals surface area contributed by atoms with Crippen LogP contribution in [0.1, 0.15) is 0 Å². The average molecular weight is 249 g/mol. The Bertz CT molecular complexity index is 216. The number of carbonyl (C=O) groups is 1. The second-order valence-corrected chi connectivity index (χ2v) is 3.13. The summed E-state index contributed by atoms with van der Waals surface area (Å²) in [7, 11) is 0. The monoisotopic (exact) mass is 248 g/mol. The molecule has 0 N–H and O–H groups in total. The van der Waals surface area contributed by atoms with E-state index in [1.54, 1.807) is 0 Å². The standard InChI is InChI=1S/C4Cl2F6O/c5-3(6,9)1(13)2(7,8)4(10,11)12. The molecule has 0 atom stereocenters. The molecule has 0 heterocycles. The Morgan fingerprint density at radius 3 is 1.31 bits per heavy atom. The summed E-state index contributed by atoms with van der Waals surface area (Å²) in [4.78, 5) is 10.0. The average Bonchev–Trinajstić information content (AvgIpc) is 1.81. The van der Waals surface area contributed by atoms with Crippen LogP contribution >= 0.6 is 23.2 Å². The molecule has 0 aliphatic carbocycles. The molecule has 0 saturated carbocycles. The predicted molar refractivity (Wildman–Crippen MR) is 31.6 cm³/mol. The topological polar surface area (TPSA) is 17.1 Å². The van der Waals surface area contributed by atoms with Gasteiger partial charge in [-0.05, 0) is 0 Å². The third-order valence-corrected chi connectivity index (χ3v) is 1.24. The van der Waals surface area contributed by atoms with E-state index in [0.717, 1.165) is 0 Å². The number of hydrogen-bond acceptors (Lipinski definition) is 1. The van der Waals surface area contributed by atoms with Gasteiger partial charge >= 0.3 is 16.7 Å². The van der Waals surface area contributed by atoms with Crippen LogP contribution in [0, 0.1) is 0 Å². The summed E-state index contributed by atoms with van der Waals surface area (Å²) in [6, 6.07) is 0. The summed E-state index contributed by atoms with van der Waals surface area (Å²) in [6.07, 6.45) is -6.22. The highest BCUT2D eigenvalue weighted by Crippen LogP contribution is 2.42. The molecule has 78 valence electrons. The highest BCUT2D eigenvalue weighted by atomic mass is 35.5. The Morgan fingerprint density at radius 2 is 1.23 bits per heavy atom. The van der Waals surface area contributed by atoms with E-state index in [1.165, 1.54) is 0 Å². The smallest absolute Gasteiger partial charge is 0.286 e. The summed E-state index contributed by atoms with van der Waals surface area (Å²) in [5.41, 5.74) is 0. The Kier molecular flexibility index (Phi) is 3.16. The fourth-order valence-electron chi connectivity index (χ4n) is 0.307. The van der Waals surface area contributed by atoms with Gasteiger partial charge in [-0.1, -0.05) is 23.2 Å². The number of alkyl halides is 8. The molecule has 0 aromatic rings. The number of Topliss-reactive ketones (excluding diaryl/α,β-unsaturated/α-hetero) is 1. The molecule has 1 nitrogen and oxygen atoms in total. The Labute approximate surface area is 77.6 Å². The second-order valence-electron chi connectivity index (χ2n) is 1.90. The van der Waals surface area contributed by atoms with Crippen LogP contribution in [-0.2, 0) is 4.79 Å². The van der Waals surface area contributed by atoms with Crippen LogP contribution in [0.15, 0.2) is 0 Å². The van der Waals surface area contributed by atoms with Gasteiger partial charge in [-0.15, -0.1) is 0 Å². The van der Waals surface area contributed by atoms with E-state index >= 15 is 0 Å². The zero-order valence-corrected chi connectivity index (χ0v) is 6.94. The predicted octanol–water partition coefficient (Wildman–Crippen LogP) is 2.85. The highest BCUT2D eigenvalue weighted by molar-refractivity contribution is 6.57. The number of rotatable bonds is 2. The SMILES string of the molecule is O=C(C(F)(Cl)Cl)C(F)(F)C(F)(F)F. The van der Waals surface area contributed by atoms with Crippen molar-refractivity contribution in [3.8, 4) is 0 Å². The Hall–Kier alpha value is -0.170. The minimum Gasteiger partial charge on any atom is -0.286 e. The molecule has 0 spiro atoms. The molecular formula is C4Cl2F6O. The zero-order chi connectivity index (χ0) is 11.1. The Morgan fingerprint density at radius 1 is 0.923 bits per heavy atom. The van der Waals surface area contributed by atoms with E-state index in [-0.39, 0.29) is 0 Å². The molecule has 13 heavy (non-hydrogen) atoms. The van der Waals surface area contributed by atoms with Gasteiger partial charge in [0, 0.05) is 0 Å². The maximum atomic E-state index is 12.0. The molecule has 0 aromatic carbocycles. The number of halogens is 8. The van der Waals surface area contributed by atoms with Crippen LogP contribution in [0.25, 0.3) is 0 Å². The molecule has 0 fully saturated rings. The lowest BCUT2D eigenvalue weighted by molar-refractivity contribution is -0.270. The van der Waals surface area contributed by atoms with E-state index in [0.29, 0.717) is 0 Å². The lowest BCUT2D eigenvalue weighted by atomic mass is 10.2. The first-order valence-electron chi connectivity index (χ1n) is 2.47. The molecule has 0 aliphatic heterocycles. The van der Waals surface area contributed by atoms with Gasteiger partial charge in [0.2, 0.25) is 0 Å². The van der Waals surface area contributed by atoms with Gasteiger partial charge in [-0.3, -0.25) is 4.79 Å². The highest BCUT2D eigenvalue weighted by Gasteiger charge is 2.68. The number of ketones is 1. The molecule has 0 rings (SSSR count). The summed E-state index contributed by atoms with van der Waals surface area (Å²) >= 11 is 8.29. The molecule has 0 radical (unpaired) electrons. The first-order valence-corrected chi connectivity index (χ1v) is 3.22. The van der Waals surface area contributed by atoms with Crippen molar-refractivity contribution in [1.82, 2.24) is 0 Å².